The average molecular weight is 282 g/mol. The molecule has 3 rings (SSSR count). The number of nitrogens with zero attached hydrogens (tertiary/aromatic N) is 2. The summed E-state index contributed by atoms with van der Waals surface area (Å²) in [4.78, 5) is 2.52. The fourth-order valence-corrected chi connectivity index (χ4v) is 4.68. The van der Waals surface area contributed by atoms with E-state index in [4.69, 9.17) is 0 Å². The van der Waals surface area contributed by atoms with Gasteiger partial charge in [0.05, 0.1) is 12.0 Å². The van der Waals surface area contributed by atoms with Crippen LogP contribution in [0.2, 0.25) is 0 Å². The van der Waals surface area contributed by atoms with Crippen LogP contribution in [0.5, 0.6) is 0 Å². The summed E-state index contributed by atoms with van der Waals surface area (Å²) in [6.07, 6.45) is 6.11. The van der Waals surface area contributed by atoms with E-state index in [1.165, 1.54) is 24.8 Å². The van der Waals surface area contributed by atoms with Gasteiger partial charge in [0.2, 0.25) is 0 Å². The molecule has 0 aliphatic carbocycles. The minimum Gasteiger partial charge on any atom is -0.299 e. The Hall–Kier alpha value is -1.33. The molecule has 0 radical (unpaired) electrons. The van der Waals surface area contributed by atoms with Crippen molar-refractivity contribution in [1.29, 1.82) is 5.26 Å². The first-order valence-electron chi connectivity index (χ1n) is 8.42. The molecule has 21 heavy (non-hydrogen) atoms. The van der Waals surface area contributed by atoms with Gasteiger partial charge >= 0.3 is 0 Å². The summed E-state index contributed by atoms with van der Waals surface area (Å²) in [5.41, 5.74) is 1.49. The van der Waals surface area contributed by atoms with Crippen LogP contribution >= 0.6 is 0 Å². The smallest absolute Gasteiger partial charge is 0.0672 e. The zero-order valence-electron chi connectivity index (χ0n) is 13.2. The fraction of sp³-hybridized carbons (Fsp3) is 0.632. The van der Waals surface area contributed by atoms with Crippen LogP contribution in [0.25, 0.3) is 0 Å². The molecule has 1 unspecified atom stereocenters. The summed E-state index contributed by atoms with van der Waals surface area (Å²) >= 11 is 0. The van der Waals surface area contributed by atoms with Crippen LogP contribution in [0.1, 0.15) is 50.5 Å². The summed E-state index contributed by atoms with van der Waals surface area (Å²) in [5.74, 6) is 1.59. The molecule has 2 fully saturated rings. The Morgan fingerprint density at radius 1 is 1.19 bits per heavy atom. The highest BCUT2D eigenvalue weighted by molar-refractivity contribution is 5.24. The summed E-state index contributed by atoms with van der Waals surface area (Å²) in [5, 5.41) is 9.47. The molecule has 2 heteroatoms. The van der Waals surface area contributed by atoms with Crippen molar-refractivity contribution in [3.8, 4) is 6.07 Å². The minimum absolute atomic E-state index is 0.234. The van der Waals surface area contributed by atoms with Crippen molar-refractivity contribution >= 4 is 0 Å². The molecular weight excluding hydrogens is 256 g/mol. The summed E-state index contributed by atoms with van der Waals surface area (Å²) in [6, 6.07) is 14.6. The van der Waals surface area contributed by atoms with Gasteiger partial charge < -0.3 is 0 Å². The molecule has 2 aliphatic rings. The Balaban J connectivity index is 1.90. The molecular formula is C19H26N2. The van der Waals surface area contributed by atoms with Gasteiger partial charge in [-0.05, 0) is 43.7 Å². The molecule has 112 valence electrons. The molecule has 2 bridgehead atoms. The highest BCUT2D eigenvalue weighted by atomic mass is 15.2. The predicted octanol–water partition coefficient (Wildman–Crippen LogP) is 4.19. The highest BCUT2D eigenvalue weighted by Gasteiger charge is 2.50. The third kappa shape index (κ3) is 2.60. The van der Waals surface area contributed by atoms with Gasteiger partial charge in [0.25, 0.3) is 0 Å². The van der Waals surface area contributed by atoms with Crippen LogP contribution in [-0.2, 0) is 0 Å². The lowest BCUT2D eigenvalue weighted by Gasteiger charge is -2.43. The van der Waals surface area contributed by atoms with Gasteiger partial charge in [-0.1, -0.05) is 50.1 Å². The monoisotopic (exact) mass is 282 g/mol. The quantitative estimate of drug-likeness (QED) is 0.828. The zero-order chi connectivity index (χ0) is 14.8. The first kappa shape index (κ1) is 14.6. The van der Waals surface area contributed by atoms with Crippen molar-refractivity contribution in [2.45, 2.75) is 57.0 Å². The number of rotatable bonds is 4. The number of hydrogen-bond acceptors (Lipinski definition) is 2. The molecule has 0 aromatic heterocycles. The summed E-state index contributed by atoms with van der Waals surface area (Å²) in [6.45, 7) is 2.28. The standard InChI is InChI=1S/C19H26N2/c1-3-4-10-16-17(14-8-6-5-7-9-14)12-18-15(13-20)11-19(16)21(18)2/h5-9,15-19H,3-4,10-12H2,1-2H3/t15-,16+,17?,18-,19-/m1/s1. The minimum atomic E-state index is 0.234. The van der Waals surface area contributed by atoms with Gasteiger partial charge in [0, 0.05) is 12.1 Å². The van der Waals surface area contributed by atoms with Crippen LogP contribution in [0, 0.1) is 23.2 Å². The normalized spacial score (nSPS) is 35.6. The lowest BCUT2D eigenvalue weighted by Crippen LogP contribution is -2.46. The molecule has 2 nitrogen and oxygen atoms in total. The molecule has 5 atom stereocenters. The summed E-state index contributed by atoms with van der Waals surface area (Å²) < 4.78 is 0. The van der Waals surface area contributed by atoms with E-state index in [0.717, 1.165) is 12.8 Å². The largest absolute Gasteiger partial charge is 0.299 e. The Morgan fingerprint density at radius 2 is 1.95 bits per heavy atom. The maximum Gasteiger partial charge on any atom is 0.0672 e. The van der Waals surface area contributed by atoms with E-state index in [1.54, 1.807) is 0 Å². The Labute approximate surface area is 128 Å². The van der Waals surface area contributed by atoms with Crippen LogP contribution in [0.3, 0.4) is 0 Å². The van der Waals surface area contributed by atoms with Crippen molar-refractivity contribution in [2.75, 3.05) is 7.05 Å². The third-order valence-electron chi connectivity index (χ3n) is 5.80. The number of nitriles is 1. The van der Waals surface area contributed by atoms with E-state index in [0.29, 0.717) is 23.9 Å². The fourth-order valence-electron chi connectivity index (χ4n) is 4.68. The third-order valence-corrected chi connectivity index (χ3v) is 5.80. The number of piperidine rings is 1. The van der Waals surface area contributed by atoms with Gasteiger partial charge in [-0.25, -0.2) is 0 Å². The maximum atomic E-state index is 9.47. The second kappa shape index (κ2) is 6.20. The average Bonchev–Trinajstić information content (AvgIpc) is 2.74. The molecule has 0 amide bonds. The van der Waals surface area contributed by atoms with Gasteiger partial charge in [-0.3, -0.25) is 4.90 Å². The van der Waals surface area contributed by atoms with E-state index in [9.17, 15) is 5.26 Å². The Morgan fingerprint density at radius 3 is 2.62 bits per heavy atom. The Kier molecular flexibility index (Phi) is 4.31. The highest BCUT2D eigenvalue weighted by Crippen LogP contribution is 2.49. The second-order valence-electron chi connectivity index (χ2n) is 6.83. The lowest BCUT2D eigenvalue weighted by atomic mass is 9.74. The Bertz CT molecular complexity index is 504. The van der Waals surface area contributed by atoms with Crippen molar-refractivity contribution in [2.24, 2.45) is 11.8 Å². The number of benzene rings is 1. The predicted molar refractivity (Wildman–Crippen MR) is 85.9 cm³/mol. The second-order valence-corrected chi connectivity index (χ2v) is 6.83. The van der Waals surface area contributed by atoms with Crippen LogP contribution in [-0.4, -0.2) is 24.0 Å². The van der Waals surface area contributed by atoms with Crippen molar-refractivity contribution in [3.05, 3.63) is 35.9 Å². The van der Waals surface area contributed by atoms with Crippen molar-refractivity contribution < 1.29 is 0 Å². The van der Waals surface area contributed by atoms with E-state index in [1.807, 2.05) is 0 Å². The van der Waals surface area contributed by atoms with E-state index in [-0.39, 0.29) is 5.92 Å². The first-order chi connectivity index (χ1) is 10.3. The van der Waals surface area contributed by atoms with Gasteiger partial charge in [0.1, 0.15) is 0 Å². The molecule has 2 heterocycles. The summed E-state index contributed by atoms with van der Waals surface area (Å²) in [7, 11) is 2.24. The molecule has 0 N–H and O–H groups in total. The van der Waals surface area contributed by atoms with Gasteiger partial charge in [-0.2, -0.15) is 5.26 Å². The van der Waals surface area contributed by atoms with Crippen LogP contribution in [0.15, 0.2) is 30.3 Å². The van der Waals surface area contributed by atoms with Crippen LogP contribution < -0.4 is 0 Å². The number of hydrogen-bond donors (Lipinski definition) is 0. The van der Waals surface area contributed by atoms with E-state index >= 15 is 0 Å². The van der Waals surface area contributed by atoms with E-state index in [2.05, 4.69) is 55.3 Å². The molecule has 1 aromatic carbocycles. The lowest BCUT2D eigenvalue weighted by molar-refractivity contribution is 0.0898. The topological polar surface area (TPSA) is 27.0 Å². The SMILES string of the molecule is CCCC[C@H]1C(c2ccccc2)C[C@@H]2[C@@H](C#N)C[C@H]1N2C. The van der Waals surface area contributed by atoms with Crippen molar-refractivity contribution in [3.63, 3.8) is 0 Å². The van der Waals surface area contributed by atoms with Gasteiger partial charge in [-0.15, -0.1) is 0 Å². The van der Waals surface area contributed by atoms with E-state index < -0.39 is 0 Å². The number of fused-ring (bicyclic) bond motifs is 2. The molecule has 0 spiro atoms. The van der Waals surface area contributed by atoms with Crippen molar-refractivity contribution in [1.82, 2.24) is 4.90 Å². The number of unbranched alkanes of at least 4 members (excludes halogenated alkanes) is 1. The molecule has 0 saturated carbocycles. The first-order valence-corrected chi connectivity index (χ1v) is 8.42. The van der Waals surface area contributed by atoms with Crippen LogP contribution in [0.4, 0.5) is 0 Å². The molecule has 2 saturated heterocycles. The zero-order valence-corrected chi connectivity index (χ0v) is 13.2. The molecule has 2 aliphatic heterocycles. The van der Waals surface area contributed by atoms with Gasteiger partial charge in [0.15, 0.2) is 0 Å². The maximum absolute atomic E-state index is 9.47. The molecule has 1 aromatic rings.